The van der Waals surface area contributed by atoms with Gasteiger partial charge in [-0.2, -0.15) is 13.2 Å². The minimum Gasteiger partial charge on any atom is -0.461 e. The number of carbonyl (C=O) groups excluding carboxylic acids is 2. The lowest BCUT2D eigenvalue weighted by molar-refractivity contribution is -0.151. The number of halogens is 3. The molecular formula is C19H18F3NO3S. The largest absolute Gasteiger partial charge is 0.461 e. The number of nitrogens with zero attached hydrogens (tertiary/aromatic N) is 1. The molecule has 2 heterocycles. The Morgan fingerprint density at radius 2 is 1.93 bits per heavy atom. The summed E-state index contributed by atoms with van der Waals surface area (Å²) in [5.41, 5.74) is -0.258. The Kier molecular flexibility index (Phi) is 5.84. The topological polar surface area (TPSA) is 46.6 Å². The first-order valence-electron chi connectivity index (χ1n) is 8.50. The third-order valence-electron chi connectivity index (χ3n) is 4.44. The molecular weight excluding hydrogens is 379 g/mol. The number of ether oxygens (including phenoxy) is 1. The van der Waals surface area contributed by atoms with E-state index in [0.29, 0.717) is 36.4 Å². The molecule has 0 N–H and O–H groups in total. The van der Waals surface area contributed by atoms with Crippen LogP contribution in [0, 0.1) is 5.92 Å². The van der Waals surface area contributed by atoms with Gasteiger partial charge in [0, 0.05) is 13.1 Å². The number of rotatable bonds is 4. The monoisotopic (exact) mass is 397 g/mol. The minimum atomic E-state index is -4.39. The van der Waals surface area contributed by atoms with Crippen molar-refractivity contribution in [2.45, 2.75) is 25.6 Å². The molecule has 1 fully saturated rings. The molecule has 4 nitrogen and oxygen atoms in total. The maximum absolute atomic E-state index is 12.6. The molecule has 1 aliphatic rings. The van der Waals surface area contributed by atoms with Crippen LogP contribution in [0.25, 0.3) is 0 Å². The van der Waals surface area contributed by atoms with Gasteiger partial charge in [-0.1, -0.05) is 18.2 Å². The van der Waals surface area contributed by atoms with Gasteiger partial charge in [0.05, 0.1) is 16.4 Å². The Morgan fingerprint density at radius 1 is 1.19 bits per heavy atom. The second-order valence-corrected chi connectivity index (χ2v) is 7.32. The number of hydrogen-bond acceptors (Lipinski definition) is 4. The van der Waals surface area contributed by atoms with E-state index in [0.717, 1.165) is 12.1 Å². The predicted molar refractivity (Wildman–Crippen MR) is 94.2 cm³/mol. The van der Waals surface area contributed by atoms with E-state index >= 15 is 0 Å². The summed E-state index contributed by atoms with van der Waals surface area (Å²) in [6, 6.07) is 8.07. The fourth-order valence-electron chi connectivity index (χ4n) is 2.97. The lowest BCUT2D eigenvalue weighted by Gasteiger charge is -2.31. The molecule has 0 radical (unpaired) electrons. The average Bonchev–Trinajstić information content (AvgIpc) is 3.20. The molecule has 0 aliphatic carbocycles. The molecule has 1 aromatic carbocycles. The maximum atomic E-state index is 12.6. The van der Waals surface area contributed by atoms with Crippen molar-refractivity contribution in [1.29, 1.82) is 0 Å². The fraction of sp³-hybridized carbons (Fsp3) is 0.368. The van der Waals surface area contributed by atoms with Gasteiger partial charge in [-0.05, 0) is 42.0 Å². The van der Waals surface area contributed by atoms with Crippen molar-refractivity contribution in [2.75, 3.05) is 13.1 Å². The van der Waals surface area contributed by atoms with Crippen LogP contribution < -0.4 is 0 Å². The Labute approximate surface area is 158 Å². The van der Waals surface area contributed by atoms with Crippen LogP contribution in [0.3, 0.4) is 0 Å². The van der Waals surface area contributed by atoms with E-state index in [4.69, 9.17) is 4.74 Å². The lowest BCUT2D eigenvalue weighted by atomic mass is 9.98. The molecule has 0 spiro atoms. The van der Waals surface area contributed by atoms with Gasteiger partial charge in [-0.15, -0.1) is 11.3 Å². The first-order chi connectivity index (χ1) is 12.8. The zero-order valence-corrected chi connectivity index (χ0v) is 15.2. The van der Waals surface area contributed by atoms with Crippen molar-refractivity contribution < 1.29 is 27.5 Å². The molecule has 1 amide bonds. The number of piperidine rings is 1. The Hall–Kier alpha value is -2.35. The first-order valence-corrected chi connectivity index (χ1v) is 9.38. The first kappa shape index (κ1) is 19.4. The standard InChI is InChI=1S/C19H18F3NO3S/c20-19(21,22)15-7-5-13(6-8-15)12-26-18(25)14-3-1-9-23(11-14)17(24)16-4-2-10-27-16/h2,4-8,10,14H,1,3,9,11-12H2. The summed E-state index contributed by atoms with van der Waals surface area (Å²) >= 11 is 1.36. The van der Waals surface area contributed by atoms with Gasteiger partial charge >= 0.3 is 12.1 Å². The molecule has 1 aromatic heterocycles. The van der Waals surface area contributed by atoms with Gasteiger partial charge in [-0.3, -0.25) is 9.59 Å². The third kappa shape index (κ3) is 4.88. The normalized spacial score (nSPS) is 17.6. The molecule has 3 rings (SSSR count). The highest BCUT2D eigenvalue weighted by molar-refractivity contribution is 7.12. The second-order valence-electron chi connectivity index (χ2n) is 6.37. The van der Waals surface area contributed by atoms with E-state index in [1.54, 1.807) is 17.0 Å². The summed E-state index contributed by atoms with van der Waals surface area (Å²) in [4.78, 5) is 27.0. The lowest BCUT2D eigenvalue weighted by Crippen LogP contribution is -2.42. The van der Waals surface area contributed by atoms with Crippen LogP contribution in [0.5, 0.6) is 0 Å². The van der Waals surface area contributed by atoms with Crippen molar-refractivity contribution in [1.82, 2.24) is 4.90 Å². The van der Waals surface area contributed by atoms with Crippen LogP contribution in [0.4, 0.5) is 13.2 Å². The van der Waals surface area contributed by atoms with Gasteiger partial charge in [0.2, 0.25) is 0 Å². The van der Waals surface area contributed by atoms with Crippen molar-refractivity contribution in [3.8, 4) is 0 Å². The number of carbonyl (C=O) groups is 2. The molecule has 27 heavy (non-hydrogen) atoms. The van der Waals surface area contributed by atoms with E-state index in [-0.39, 0.29) is 12.5 Å². The van der Waals surface area contributed by atoms with Crippen LogP contribution in [0.1, 0.15) is 33.6 Å². The second kappa shape index (κ2) is 8.12. The van der Waals surface area contributed by atoms with Crippen LogP contribution >= 0.6 is 11.3 Å². The quantitative estimate of drug-likeness (QED) is 0.720. The Morgan fingerprint density at radius 3 is 2.56 bits per heavy atom. The summed E-state index contributed by atoms with van der Waals surface area (Å²) in [6.07, 6.45) is -3.06. The highest BCUT2D eigenvalue weighted by Crippen LogP contribution is 2.29. The Bertz CT molecular complexity index is 788. The smallest absolute Gasteiger partial charge is 0.416 e. The maximum Gasteiger partial charge on any atom is 0.416 e. The zero-order valence-electron chi connectivity index (χ0n) is 14.4. The van der Waals surface area contributed by atoms with Gasteiger partial charge in [0.1, 0.15) is 6.61 Å². The van der Waals surface area contributed by atoms with E-state index < -0.39 is 23.6 Å². The highest BCUT2D eigenvalue weighted by Gasteiger charge is 2.31. The summed E-state index contributed by atoms with van der Waals surface area (Å²) in [5.74, 6) is -0.944. The van der Waals surface area contributed by atoms with Gasteiger partial charge in [-0.25, -0.2) is 0 Å². The SMILES string of the molecule is O=C(OCc1ccc(C(F)(F)F)cc1)C1CCCN(C(=O)c2cccs2)C1. The zero-order chi connectivity index (χ0) is 19.4. The van der Waals surface area contributed by atoms with Crippen LogP contribution in [0.2, 0.25) is 0 Å². The number of esters is 1. The molecule has 1 unspecified atom stereocenters. The van der Waals surface area contributed by atoms with Crippen molar-refractivity contribution in [3.63, 3.8) is 0 Å². The van der Waals surface area contributed by atoms with E-state index in [2.05, 4.69) is 0 Å². The number of thiophene rings is 1. The molecule has 0 bridgehead atoms. The average molecular weight is 397 g/mol. The van der Waals surface area contributed by atoms with Crippen LogP contribution in [0.15, 0.2) is 41.8 Å². The molecule has 1 saturated heterocycles. The van der Waals surface area contributed by atoms with Gasteiger partial charge in [0.25, 0.3) is 5.91 Å². The minimum absolute atomic E-state index is 0.0909. The number of amides is 1. The fourth-order valence-corrected chi connectivity index (χ4v) is 3.66. The Balaban J connectivity index is 1.54. The molecule has 8 heteroatoms. The van der Waals surface area contributed by atoms with Crippen molar-refractivity contribution in [3.05, 3.63) is 57.8 Å². The van der Waals surface area contributed by atoms with Crippen molar-refractivity contribution >= 4 is 23.2 Å². The van der Waals surface area contributed by atoms with Gasteiger partial charge < -0.3 is 9.64 Å². The molecule has 144 valence electrons. The number of alkyl halides is 3. The van der Waals surface area contributed by atoms with Crippen LogP contribution in [-0.2, 0) is 22.3 Å². The summed E-state index contributed by atoms with van der Waals surface area (Å²) in [5, 5.41) is 1.83. The molecule has 2 aromatic rings. The van der Waals surface area contributed by atoms with E-state index in [9.17, 15) is 22.8 Å². The van der Waals surface area contributed by atoms with E-state index in [1.165, 1.54) is 23.5 Å². The highest BCUT2D eigenvalue weighted by atomic mass is 32.1. The molecule has 1 aliphatic heterocycles. The number of benzene rings is 1. The predicted octanol–water partition coefficient (Wildman–Crippen LogP) is 4.36. The van der Waals surface area contributed by atoms with Crippen molar-refractivity contribution in [2.24, 2.45) is 5.92 Å². The molecule has 0 saturated carbocycles. The third-order valence-corrected chi connectivity index (χ3v) is 5.29. The number of hydrogen-bond donors (Lipinski definition) is 0. The summed E-state index contributed by atoms with van der Waals surface area (Å²) in [7, 11) is 0. The van der Waals surface area contributed by atoms with Crippen LogP contribution in [-0.4, -0.2) is 29.9 Å². The summed E-state index contributed by atoms with van der Waals surface area (Å²) < 4.78 is 42.9. The summed E-state index contributed by atoms with van der Waals surface area (Å²) in [6.45, 7) is 0.800. The van der Waals surface area contributed by atoms with Gasteiger partial charge in [0.15, 0.2) is 0 Å². The molecule has 1 atom stereocenters. The number of likely N-dealkylation sites (tertiary alicyclic amines) is 1. The van der Waals surface area contributed by atoms with E-state index in [1.807, 2.05) is 5.38 Å².